The minimum absolute atomic E-state index is 0.00465. The van der Waals surface area contributed by atoms with Gasteiger partial charge in [0.2, 0.25) is 0 Å². The average molecular weight is 394 g/mol. The standard InChI is InChI=1S/C20H22Cl2FN3/c1-5-14(10-7-9-13(3)23)15(6-2)19-24-25-20(26(19)4)16-11-8-12-17(21)18(16)22/h5,8-12,15H,1,6-7H2,2-4H3/b13-9+,14-10+. The number of hydrogen-bond acceptors (Lipinski definition) is 2. The van der Waals surface area contributed by atoms with Gasteiger partial charge in [-0.1, -0.05) is 54.9 Å². The van der Waals surface area contributed by atoms with Gasteiger partial charge in [-0.3, -0.25) is 0 Å². The van der Waals surface area contributed by atoms with Crippen LogP contribution in [0.3, 0.4) is 0 Å². The Kier molecular flexibility index (Phi) is 7.18. The molecule has 0 spiro atoms. The maximum Gasteiger partial charge on any atom is 0.165 e. The number of halogens is 3. The highest BCUT2D eigenvalue weighted by Crippen LogP contribution is 2.35. The molecule has 1 aromatic carbocycles. The first-order chi connectivity index (χ1) is 12.4. The third-order valence-corrected chi connectivity index (χ3v) is 5.03. The quantitative estimate of drug-likeness (QED) is 0.492. The van der Waals surface area contributed by atoms with Gasteiger partial charge in [0, 0.05) is 18.5 Å². The van der Waals surface area contributed by atoms with Gasteiger partial charge in [0.05, 0.1) is 15.9 Å². The lowest BCUT2D eigenvalue weighted by Gasteiger charge is -2.16. The highest BCUT2D eigenvalue weighted by atomic mass is 35.5. The fraction of sp³-hybridized carbons (Fsp3) is 0.300. The van der Waals surface area contributed by atoms with Crippen molar-refractivity contribution in [2.45, 2.75) is 32.6 Å². The Hall–Kier alpha value is -1.91. The van der Waals surface area contributed by atoms with E-state index < -0.39 is 0 Å². The summed E-state index contributed by atoms with van der Waals surface area (Å²) in [5.41, 5.74) is 1.72. The smallest absolute Gasteiger partial charge is 0.165 e. The van der Waals surface area contributed by atoms with E-state index in [1.54, 1.807) is 12.1 Å². The summed E-state index contributed by atoms with van der Waals surface area (Å²) < 4.78 is 14.9. The molecule has 0 aliphatic rings. The van der Waals surface area contributed by atoms with Crippen LogP contribution in [-0.4, -0.2) is 14.8 Å². The number of aromatic nitrogens is 3. The predicted molar refractivity (Wildman–Crippen MR) is 107 cm³/mol. The molecule has 1 aromatic heterocycles. The summed E-state index contributed by atoms with van der Waals surface area (Å²) in [6, 6.07) is 5.43. The number of nitrogens with zero attached hydrogens (tertiary/aromatic N) is 3. The van der Waals surface area contributed by atoms with E-state index in [2.05, 4.69) is 23.7 Å². The van der Waals surface area contributed by atoms with Crippen LogP contribution in [0.4, 0.5) is 4.39 Å². The van der Waals surface area contributed by atoms with Gasteiger partial charge in [-0.25, -0.2) is 4.39 Å². The van der Waals surface area contributed by atoms with Gasteiger partial charge in [-0.2, -0.15) is 0 Å². The molecule has 2 rings (SSSR count). The summed E-state index contributed by atoms with van der Waals surface area (Å²) in [5, 5.41) is 9.62. The lowest BCUT2D eigenvalue weighted by molar-refractivity contribution is 0.635. The van der Waals surface area contributed by atoms with Crippen LogP contribution in [0.25, 0.3) is 11.4 Å². The molecule has 0 bridgehead atoms. The summed E-state index contributed by atoms with van der Waals surface area (Å²) >= 11 is 12.4. The van der Waals surface area contributed by atoms with E-state index in [0.717, 1.165) is 23.4 Å². The molecule has 0 aliphatic heterocycles. The van der Waals surface area contributed by atoms with Crippen LogP contribution in [0.15, 0.2) is 54.4 Å². The molecule has 0 aliphatic carbocycles. The molecule has 0 amide bonds. The van der Waals surface area contributed by atoms with Crippen molar-refractivity contribution < 1.29 is 4.39 Å². The second-order valence-corrected chi connectivity index (χ2v) is 6.72. The number of allylic oxidation sites excluding steroid dienone is 5. The lowest BCUT2D eigenvalue weighted by atomic mass is 9.94. The molecular weight excluding hydrogens is 372 g/mol. The van der Waals surface area contributed by atoms with Crippen LogP contribution in [0, 0.1) is 0 Å². The van der Waals surface area contributed by atoms with Crippen molar-refractivity contribution in [2.24, 2.45) is 7.05 Å². The van der Waals surface area contributed by atoms with Crippen molar-refractivity contribution in [3.8, 4) is 11.4 Å². The number of rotatable bonds is 7. The van der Waals surface area contributed by atoms with Gasteiger partial charge in [-0.15, -0.1) is 10.2 Å². The second-order valence-electron chi connectivity index (χ2n) is 5.94. The Morgan fingerprint density at radius 3 is 2.65 bits per heavy atom. The van der Waals surface area contributed by atoms with Gasteiger partial charge in [0.1, 0.15) is 5.82 Å². The molecule has 0 saturated carbocycles. The van der Waals surface area contributed by atoms with Crippen molar-refractivity contribution >= 4 is 23.2 Å². The molecule has 2 aromatic rings. The van der Waals surface area contributed by atoms with Crippen molar-refractivity contribution in [2.75, 3.05) is 0 Å². The van der Waals surface area contributed by atoms with Gasteiger partial charge in [-0.05, 0) is 43.5 Å². The van der Waals surface area contributed by atoms with E-state index in [4.69, 9.17) is 23.2 Å². The summed E-state index contributed by atoms with van der Waals surface area (Å²) in [5.74, 6) is 1.25. The zero-order valence-electron chi connectivity index (χ0n) is 15.1. The summed E-state index contributed by atoms with van der Waals surface area (Å²) in [4.78, 5) is 0. The van der Waals surface area contributed by atoms with Gasteiger partial charge in [0.25, 0.3) is 0 Å². The van der Waals surface area contributed by atoms with Crippen LogP contribution >= 0.6 is 23.2 Å². The van der Waals surface area contributed by atoms with Crippen molar-refractivity contribution in [3.05, 3.63) is 70.3 Å². The molecule has 26 heavy (non-hydrogen) atoms. The Morgan fingerprint density at radius 2 is 2.04 bits per heavy atom. The van der Waals surface area contributed by atoms with E-state index in [1.807, 2.05) is 29.8 Å². The van der Waals surface area contributed by atoms with Crippen LogP contribution in [0.2, 0.25) is 10.0 Å². The summed E-state index contributed by atoms with van der Waals surface area (Å²) in [7, 11) is 1.90. The van der Waals surface area contributed by atoms with E-state index in [9.17, 15) is 4.39 Å². The zero-order chi connectivity index (χ0) is 19.3. The molecule has 3 nitrogen and oxygen atoms in total. The summed E-state index contributed by atoms with van der Waals surface area (Å²) in [6.07, 6.45) is 6.60. The molecule has 1 heterocycles. The Labute approximate surface area is 163 Å². The molecule has 138 valence electrons. The maximum atomic E-state index is 12.9. The van der Waals surface area contributed by atoms with Crippen molar-refractivity contribution in [3.63, 3.8) is 0 Å². The Morgan fingerprint density at radius 1 is 1.31 bits per heavy atom. The SMILES string of the molecule is C=C/C(=C\C/C=C(\C)F)C(CC)c1nnc(-c2cccc(Cl)c2Cl)n1C. The maximum absolute atomic E-state index is 12.9. The molecule has 6 heteroatoms. The normalized spacial score (nSPS) is 13.8. The van der Waals surface area contributed by atoms with Gasteiger partial charge in [0.15, 0.2) is 5.82 Å². The summed E-state index contributed by atoms with van der Waals surface area (Å²) in [6.45, 7) is 7.40. The van der Waals surface area contributed by atoms with Crippen LogP contribution < -0.4 is 0 Å². The molecule has 0 radical (unpaired) electrons. The van der Waals surface area contributed by atoms with Crippen LogP contribution in [-0.2, 0) is 7.05 Å². The first-order valence-corrected chi connectivity index (χ1v) is 9.14. The van der Waals surface area contributed by atoms with E-state index in [1.165, 1.54) is 13.0 Å². The fourth-order valence-electron chi connectivity index (χ4n) is 2.85. The highest BCUT2D eigenvalue weighted by molar-refractivity contribution is 6.43. The molecule has 0 fully saturated rings. The van der Waals surface area contributed by atoms with E-state index >= 15 is 0 Å². The zero-order valence-corrected chi connectivity index (χ0v) is 16.7. The van der Waals surface area contributed by atoms with E-state index in [-0.39, 0.29) is 11.7 Å². The Bertz CT molecular complexity index is 849. The molecule has 0 N–H and O–H groups in total. The molecule has 1 atom stereocenters. The first-order valence-electron chi connectivity index (χ1n) is 8.39. The monoisotopic (exact) mass is 393 g/mol. The molecule has 1 unspecified atom stereocenters. The predicted octanol–water partition coefficient (Wildman–Crippen LogP) is 6.66. The fourth-order valence-corrected chi connectivity index (χ4v) is 3.23. The van der Waals surface area contributed by atoms with Crippen molar-refractivity contribution in [1.29, 1.82) is 0 Å². The topological polar surface area (TPSA) is 30.7 Å². The van der Waals surface area contributed by atoms with Gasteiger partial charge < -0.3 is 4.57 Å². The van der Waals surface area contributed by atoms with Crippen LogP contribution in [0.5, 0.6) is 0 Å². The minimum atomic E-state index is -0.200. The number of benzene rings is 1. The van der Waals surface area contributed by atoms with Gasteiger partial charge >= 0.3 is 0 Å². The van der Waals surface area contributed by atoms with Crippen molar-refractivity contribution in [1.82, 2.24) is 14.8 Å². The third kappa shape index (κ3) is 4.43. The number of hydrogen-bond donors (Lipinski definition) is 0. The van der Waals surface area contributed by atoms with E-state index in [0.29, 0.717) is 22.3 Å². The molecule has 0 saturated heterocycles. The largest absolute Gasteiger partial charge is 0.314 e. The minimum Gasteiger partial charge on any atom is -0.314 e. The first kappa shape index (κ1) is 20.4. The second kappa shape index (κ2) is 9.15. The van der Waals surface area contributed by atoms with Crippen LogP contribution in [0.1, 0.15) is 38.4 Å². The average Bonchev–Trinajstić information content (AvgIpc) is 2.98. The third-order valence-electron chi connectivity index (χ3n) is 4.21. The lowest BCUT2D eigenvalue weighted by Crippen LogP contribution is -2.08. The Balaban J connectivity index is 2.44. The highest BCUT2D eigenvalue weighted by Gasteiger charge is 2.22. The molecular formula is C20H22Cl2FN3.